The van der Waals surface area contributed by atoms with E-state index in [1.165, 1.54) is 0 Å². The quantitative estimate of drug-likeness (QED) is 0.534. The van der Waals surface area contributed by atoms with Gasteiger partial charge in [-0.25, -0.2) is 9.59 Å². The summed E-state index contributed by atoms with van der Waals surface area (Å²) in [6, 6.07) is 0. The second kappa shape index (κ2) is 18.8. The highest BCUT2D eigenvalue weighted by Gasteiger charge is 2.25. The van der Waals surface area contributed by atoms with Gasteiger partial charge in [0.1, 0.15) is 13.2 Å². The van der Waals surface area contributed by atoms with E-state index in [-0.39, 0.29) is 38.6 Å². The van der Waals surface area contributed by atoms with Gasteiger partial charge in [-0.15, -0.1) is 0 Å². The molecule has 2 atom stereocenters. The van der Waals surface area contributed by atoms with E-state index >= 15 is 0 Å². The molecule has 0 saturated carbocycles. The zero-order chi connectivity index (χ0) is 19.5. The van der Waals surface area contributed by atoms with Crippen molar-refractivity contribution in [2.75, 3.05) is 46.2 Å². The third-order valence-electron chi connectivity index (χ3n) is 2.35. The van der Waals surface area contributed by atoms with Crippen LogP contribution in [0.2, 0.25) is 0 Å². The largest absolute Gasteiger partial charge is 0.508 e. The molecule has 0 bridgehead atoms. The molecule has 25 heavy (non-hydrogen) atoms. The summed E-state index contributed by atoms with van der Waals surface area (Å²) in [6.07, 6.45) is -1.76. The number of hydrogen-bond donors (Lipinski definition) is 1. The second-order valence-corrected chi connectivity index (χ2v) is 4.06. The van der Waals surface area contributed by atoms with Crippen LogP contribution in [0, 0.1) is 0 Å². The molecule has 0 amide bonds. The van der Waals surface area contributed by atoms with Gasteiger partial charge in [-0.1, -0.05) is 27.7 Å². The second-order valence-electron chi connectivity index (χ2n) is 4.06. The van der Waals surface area contributed by atoms with Crippen molar-refractivity contribution in [1.82, 2.24) is 0 Å². The molecule has 150 valence electrons. The molecule has 2 heterocycles. The number of aliphatic hydroxyl groups is 1. The molecule has 2 rings (SSSR count). The van der Waals surface area contributed by atoms with E-state index in [0.717, 1.165) is 0 Å². The first-order chi connectivity index (χ1) is 12.2. The van der Waals surface area contributed by atoms with Crippen molar-refractivity contribution < 1.29 is 43.1 Å². The Morgan fingerprint density at radius 3 is 1.68 bits per heavy atom. The third-order valence-corrected chi connectivity index (χ3v) is 2.35. The van der Waals surface area contributed by atoms with Crippen LogP contribution in [0.4, 0.5) is 9.59 Å². The summed E-state index contributed by atoms with van der Waals surface area (Å²) in [5.74, 6) is 0. The summed E-state index contributed by atoms with van der Waals surface area (Å²) >= 11 is 0. The van der Waals surface area contributed by atoms with Gasteiger partial charge in [0.15, 0.2) is 12.2 Å². The molecule has 0 aromatic rings. The van der Waals surface area contributed by atoms with Crippen molar-refractivity contribution in [2.24, 2.45) is 0 Å². The van der Waals surface area contributed by atoms with Crippen molar-refractivity contribution in [2.45, 2.75) is 46.8 Å². The lowest BCUT2D eigenvalue weighted by Crippen LogP contribution is -2.19. The predicted octanol–water partition coefficient (Wildman–Crippen LogP) is 2.14. The Bertz CT molecular complexity index is 323. The van der Waals surface area contributed by atoms with E-state index in [1.54, 1.807) is 0 Å². The molecule has 2 saturated heterocycles. The third kappa shape index (κ3) is 14.5. The Morgan fingerprint density at radius 2 is 1.36 bits per heavy atom. The molecule has 0 aromatic carbocycles. The van der Waals surface area contributed by atoms with Gasteiger partial charge in [-0.05, 0) is 6.92 Å². The average molecular weight is 368 g/mol. The number of ether oxygens (including phenoxy) is 6. The van der Waals surface area contributed by atoms with Crippen molar-refractivity contribution in [3.8, 4) is 0 Å². The molecule has 2 fully saturated rings. The van der Waals surface area contributed by atoms with Gasteiger partial charge in [0.2, 0.25) is 0 Å². The zero-order valence-electron chi connectivity index (χ0n) is 15.8. The van der Waals surface area contributed by atoms with Gasteiger partial charge in [0, 0.05) is 6.61 Å². The van der Waals surface area contributed by atoms with Crippen molar-refractivity contribution in [3.63, 3.8) is 0 Å². The normalized spacial score (nSPS) is 20.2. The summed E-state index contributed by atoms with van der Waals surface area (Å²) in [6.45, 7) is 12.0. The van der Waals surface area contributed by atoms with Gasteiger partial charge >= 0.3 is 12.3 Å². The molecule has 2 aliphatic rings. The lowest BCUT2D eigenvalue weighted by Gasteiger charge is -2.05. The van der Waals surface area contributed by atoms with Crippen LogP contribution in [0.25, 0.3) is 0 Å². The van der Waals surface area contributed by atoms with E-state index in [9.17, 15) is 9.59 Å². The molecular weight excluding hydrogens is 336 g/mol. The van der Waals surface area contributed by atoms with Gasteiger partial charge in [0.25, 0.3) is 0 Å². The summed E-state index contributed by atoms with van der Waals surface area (Å²) in [7, 11) is 0. The minimum absolute atomic E-state index is 0.0263. The molecule has 2 aliphatic heterocycles. The van der Waals surface area contributed by atoms with Gasteiger partial charge < -0.3 is 33.5 Å². The Labute approximate surface area is 149 Å². The van der Waals surface area contributed by atoms with Crippen LogP contribution in [0.3, 0.4) is 0 Å². The van der Waals surface area contributed by atoms with E-state index in [4.69, 9.17) is 14.6 Å². The standard InChI is InChI=1S/C6H10O5.C6H10O4.2C2H6/c7-1-2-9-3-5-4-10-6(8)11-5;1-2-8-3-5-4-9-6(7)10-5;2*1-2/h5,7H,1-4H2;5H,2-4H2,1H3;2*1-2H3. The van der Waals surface area contributed by atoms with Gasteiger partial charge in [-0.3, -0.25) is 0 Å². The van der Waals surface area contributed by atoms with E-state index in [0.29, 0.717) is 19.8 Å². The zero-order valence-corrected chi connectivity index (χ0v) is 15.8. The molecule has 0 aliphatic carbocycles. The molecule has 0 radical (unpaired) electrons. The minimum Gasteiger partial charge on any atom is -0.430 e. The van der Waals surface area contributed by atoms with Crippen LogP contribution in [-0.4, -0.2) is 75.9 Å². The maximum Gasteiger partial charge on any atom is 0.508 e. The first-order valence-electron chi connectivity index (χ1n) is 8.58. The van der Waals surface area contributed by atoms with E-state index in [2.05, 4.69) is 18.9 Å². The number of aliphatic hydroxyl groups excluding tert-OH is 1. The molecular formula is C16H32O9. The topological polar surface area (TPSA) is 110 Å². The summed E-state index contributed by atoms with van der Waals surface area (Å²) in [4.78, 5) is 20.7. The van der Waals surface area contributed by atoms with Crippen molar-refractivity contribution in [1.29, 1.82) is 0 Å². The fraction of sp³-hybridized carbons (Fsp3) is 0.875. The van der Waals surface area contributed by atoms with E-state index in [1.807, 2.05) is 34.6 Å². The Hall–Kier alpha value is -1.58. The van der Waals surface area contributed by atoms with Crippen LogP contribution in [-0.2, 0) is 28.4 Å². The highest BCUT2D eigenvalue weighted by atomic mass is 16.8. The Kier molecular flexibility index (Phi) is 19.2. The number of carbonyl (C=O) groups excluding carboxylic acids is 2. The van der Waals surface area contributed by atoms with E-state index < -0.39 is 12.3 Å². The molecule has 1 N–H and O–H groups in total. The number of carbonyl (C=O) groups is 2. The fourth-order valence-corrected chi connectivity index (χ4v) is 1.42. The number of rotatable bonds is 7. The first-order valence-corrected chi connectivity index (χ1v) is 8.58. The van der Waals surface area contributed by atoms with Crippen LogP contribution in [0.1, 0.15) is 34.6 Å². The molecule has 9 heteroatoms. The fourth-order valence-electron chi connectivity index (χ4n) is 1.42. The highest BCUT2D eigenvalue weighted by Crippen LogP contribution is 2.06. The summed E-state index contributed by atoms with van der Waals surface area (Å²) in [5.41, 5.74) is 0. The van der Waals surface area contributed by atoms with Crippen LogP contribution in [0.5, 0.6) is 0 Å². The van der Waals surface area contributed by atoms with Gasteiger partial charge in [-0.2, -0.15) is 0 Å². The van der Waals surface area contributed by atoms with Crippen LogP contribution < -0.4 is 0 Å². The van der Waals surface area contributed by atoms with Crippen molar-refractivity contribution in [3.05, 3.63) is 0 Å². The Balaban J connectivity index is 0. The smallest absolute Gasteiger partial charge is 0.430 e. The summed E-state index contributed by atoms with van der Waals surface area (Å²) < 4.78 is 28.2. The van der Waals surface area contributed by atoms with Crippen LogP contribution >= 0.6 is 0 Å². The first kappa shape index (κ1) is 25.7. The number of hydrogen-bond acceptors (Lipinski definition) is 9. The monoisotopic (exact) mass is 368 g/mol. The molecule has 0 aromatic heterocycles. The minimum atomic E-state index is -0.650. The maximum absolute atomic E-state index is 10.3. The number of cyclic esters (lactones) is 4. The average Bonchev–Trinajstić information content (AvgIpc) is 3.25. The molecule has 9 nitrogen and oxygen atoms in total. The predicted molar refractivity (Wildman–Crippen MR) is 89.5 cm³/mol. The van der Waals surface area contributed by atoms with Crippen LogP contribution in [0.15, 0.2) is 0 Å². The SMILES string of the molecule is CC.CC.CCOCC1COC(=O)O1.O=C1OCC(COCCO)O1. The van der Waals surface area contributed by atoms with Gasteiger partial charge in [0.05, 0.1) is 26.4 Å². The molecule has 2 unspecified atom stereocenters. The molecule has 0 spiro atoms. The van der Waals surface area contributed by atoms with Crippen molar-refractivity contribution >= 4 is 12.3 Å². The Morgan fingerprint density at radius 1 is 0.920 bits per heavy atom. The lowest BCUT2D eigenvalue weighted by molar-refractivity contribution is 0.0303. The lowest BCUT2D eigenvalue weighted by atomic mass is 10.4. The summed E-state index contributed by atoms with van der Waals surface area (Å²) in [5, 5.41) is 8.33. The maximum atomic E-state index is 10.3. The highest BCUT2D eigenvalue weighted by molar-refractivity contribution is 5.62.